The van der Waals surface area contributed by atoms with E-state index in [1.54, 1.807) is 11.3 Å². The molecule has 1 aromatic carbocycles. The van der Waals surface area contributed by atoms with Gasteiger partial charge in [-0.15, -0.1) is 16.4 Å². The number of halogens is 1. The quantitative estimate of drug-likeness (QED) is 0.712. The third kappa shape index (κ3) is 2.12. The van der Waals surface area contributed by atoms with E-state index >= 15 is 0 Å². The van der Waals surface area contributed by atoms with Crippen LogP contribution in [0.3, 0.4) is 0 Å². The van der Waals surface area contributed by atoms with Crippen molar-refractivity contribution in [2.45, 2.75) is 0 Å². The molecule has 5 heteroatoms. The highest BCUT2D eigenvalue weighted by Gasteiger charge is 2.07. The zero-order chi connectivity index (χ0) is 11.7. The van der Waals surface area contributed by atoms with Crippen molar-refractivity contribution in [1.82, 2.24) is 15.4 Å². The fourth-order valence-electron chi connectivity index (χ4n) is 1.64. The second kappa shape index (κ2) is 4.58. The average molecular weight is 353 g/mol. The SMILES string of the molecule is Ic1n[nH]nc1-c1ccc(-c2cccs2)cc1. The minimum absolute atomic E-state index is 0.895. The minimum atomic E-state index is 0.895. The molecule has 3 nitrogen and oxygen atoms in total. The molecule has 0 aliphatic carbocycles. The van der Waals surface area contributed by atoms with Crippen LogP contribution in [-0.4, -0.2) is 15.4 Å². The lowest BCUT2D eigenvalue weighted by Crippen LogP contribution is -1.81. The fourth-order valence-corrected chi connectivity index (χ4v) is 2.91. The van der Waals surface area contributed by atoms with E-state index in [1.807, 2.05) is 0 Å². The van der Waals surface area contributed by atoms with Crippen molar-refractivity contribution < 1.29 is 0 Å². The molecule has 17 heavy (non-hydrogen) atoms. The lowest BCUT2D eigenvalue weighted by molar-refractivity contribution is 0.935. The summed E-state index contributed by atoms with van der Waals surface area (Å²) in [7, 11) is 0. The third-order valence-electron chi connectivity index (χ3n) is 2.47. The predicted molar refractivity (Wildman–Crippen MR) is 77.8 cm³/mol. The number of benzene rings is 1. The maximum Gasteiger partial charge on any atom is 0.151 e. The molecule has 0 saturated carbocycles. The number of aromatic nitrogens is 3. The molecule has 0 amide bonds. The molecule has 0 atom stereocenters. The van der Waals surface area contributed by atoms with Crippen LogP contribution in [0.4, 0.5) is 0 Å². The monoisotopic (exact) mass is 353 g/mol. The molecule has 0 radical (unpaired) electrons. The van der Waals surface area contributed by atoms with Gasteiger partial charge in [0.05, 0.1) is 0 Å². The second-order valence-corrected chi connectivity index (χ2v) is 5.49. The molecule has 0 spiro atoms. The van der Waals surface area contributed by atoms with E-state index in [1.165, 1.54) is 10.4 Å². The van der Waals surface area contributed by atoms with Crippen molar-refractivity contribution in [1.29, 1.82) is 0 Å². The molecule has 1 N–H and O–H groups in total. The van der Waals surface area contributed by atoms with E-state index in [-0.39, 0.29) is 0 Å². The highest BCUT2D eigenvalue weighted by molar-refractivity contribution is 14.1. The van der Waals surface area contributed by atoms with Crippen LogP contribution in [0.2, 0.25) is 0 Å². The summed E-state index contributed by atoms with van der Waals surface area (Å²) in [6.45, 7) is 0. The fraction of sp³-hybridized carbons (Fsp3) is 0. The molecule has 2 aromatic heterocycles. The Balaban J connectivity index is 1.99. The van der Waals surface area contributed by atoms with Crippen LogP contribution in [0.5, 0.6) is 0 Å². The molecular weight excluding hydrogens is 345 g/mol. The first kappa shape index (κ1) is 10.9. The number of H-pyrrole nitrogens is 1. The van der Waals surface area contributed by atoms with Crippen LogP contribution in [0.1, 0.15) is 0 Å². The predicted octanol–water partition coefficient (Wildman–Crippen LogP) is 3.80. The topological polar surface area (TPSA) is 41.6 Å². The maximum atomic E-state index is 4.14. The minimum Gasteiger partial charge on any atom is -0.196 e. The lowest BCUT2D eigenvalue weighted by Gasteiger charge is -2.00. The number of nitrogens with one attached hydrogen (secondary N) is 1. The van der Waals surface area contributed by atoms with Gasteiger partial charge in [0, 0.05) is 10.4 Å². The molecule has 0 aliphatic heterocycles. The maximum absolute atomic E-state index is 4.14. The smallest absolute Gasteiger partial charge is 0.151 e. The van der Waals surface area contributed by atoms with Crippen molar-refractivity contribution in [2.75, 3.05) is 0 Å². The molecule has 2 heterocycles. The van der Waals surface area contributed by atoms with Gasteiger partial charge in [-0.25, -0.2) is 0 Å². The van der Waals surface area contributed by atoms with Gasteiger partial charge in [-0.1, -0.05) is 30.3 Å². The van der Waals surface area contributed by atoms with Gasteiger partial charge >= 0.3 is 0 Å². The lowest BCUT2D eigenvalue weighted by atomic mass is 10.1. The Morgan fingerprint density at radius 2 is 1.76 bits per heavy atom. The van der Waals surface area contributed by atoms with Gasteiger partial charge < -0.3 is 0 Å². The van der Waals surface area contributed by atoms with Crippen LogP contribution in [0.25, 0.3) is 21.7 Å². The van der Waals surface area contributed by atoms with Crippen LogP contribution in [0.15, 0.2) is 41.8 Å². The van der Waals surface area contributed by atoms with Crippen LogP contribution < -0.4 is 0 Å². The van der Waals surface area contributed by atoms with Gasteiger partial charge in [0.25, 0.3) is 0 Å². The third-order valence-corrected chi connectivity index (χ3v) is 4.14. The molecule has 0 saturated heterocycles. The van der Waals surface area contributed by atoms with E-state index in [0.29, 0.717) is 0 Å². The first-order chi connectivity index (χ1) is 8.34. The molecule has 3 aromatic rings. The molecule has 0 bridgehead atoms. The molecule has 84 valence electrons. The first-order valence-electron chi connectivity index (χ1n) is 5.05. The highest BCUT2D eigenvalue weighted by Crippen LogP contribution is 2.27. The molecule has 0 fully saturated rings. The van der Waals surface area contributed by atoms with E-state index in [9.17, 15) is 0 Å². The average Bonchev–Trinajstić information content (AvgIpc) is 3.00. The highest BCUT2D eigenvalue weighted by atomic mass is 127. The summed E-state index contributed by atoms with van der Waals surface area (Å²) in [5, 5.41) is 12.9. The van der Waals surface area contributed by atoms with Gasteiger partial charge in [0.2, 0.25) is 0 Å². The number of rotatable bonds is 2. The Bertz CT molecular complexity index is 614. The first-order valence-corrected chi connectivity index (χ1v) is 7.01. The number of nitrogens with zero attached hydrogens (tertiary/aromatic N) is 2. The summed E-state index contributed by atoms with van der Waals surface area (Å²) in [5.41, 5.74) is 3.23. The van der Waals surface area contributed by atoms with Crippen LogP contribution in [-0.2, 0) is 0 Å². The Hall–Kier alpha value is -1.21. The number of thiophene rings is 1. The summed E-state index contributed by atoms with van der Waals surface area (Å²) in [5.74, 6) is 0. The Morgan fingerprint density at radius 1 is 1.00 bits per heavy atom. The zero-order valence-electron chi connectivity index (χ0n) is 8.72. The number of hydrogen-bond donors (Lipinski definition) is 1. The Labute approximate surface area is 116 Å². The van der Waals surface area contributed by atoms with Crippen molar-refractivity contribution >= 4 is 33.9 Å². The summed E-state index contributed by atoms with van der Waals surface area (Å²) < 4.78 is 0.895. The van der Waals surface area contributed by atoms with Crippen molar-refractivity contribution in [3.63, 3.8) is 0 Å². The van der Waals surface area contributed by atoms with Crippen LogP contribution >= 0.6 is 33.9 Å². The van der Waals surface area contributed by atoms with E-state index in [2.05, 4.69) is 79.8 Å². The van der Waals surface area contributed by atoms with Gasteiger partial charge in [-0.2, -0.15) is 10.3 Å². The van der Waals surface area contributed by atoms with E-state index in [0.717, 1.165) is 15.0 Å². The van der Waals surface area contributed by atoms with Crippen LogP contribution in [0, 0.1) is 3.70 Å². The van der Waals surface area contributed by atoms with Crippen molar-refractivity contribution in [2.24, 2.45) is 0 Å². The standard InChI is InChI=1S/C12H8IN3S/c13-12-11(14-16-15-12)9-5-3-8(4-6-9)10-2-1-7-17-10/h1-7H,(H,14,15,16). The zero-order valence-corrected chi connectivity index (χ0v) is 11.7. The van der Waals surface area contributed by atoms with Crippen molar-refractivity contribution in [3.05, 3.63) is 45.5 Å². The molecule has 0 aliphatic rings. The van der Waals surface area contributed by atoms with Gasteiger partial charge in [0.1, 0.15) is 5.69 Å². The second-order valence-electron chi connectivity index (χ2n) is 3.52. The Kier molecular flexibility index (Phi) is 2.94. The molecule has 3 rings (SSSR count). The number of aromatic amines is 1. The summed E-state index contributed by atoms with van der Waals surface area (Å²) >= 11 is 3.92. The number of hydrogen-bond acceptors (Lipinski definition) is 3. The van der Waals surface area contributed by atoms with Gasteiger partial charge in [-0.05, 0) is 39.6 Å². The van der Waals surface area contributed by atoms with E-state index in [4.69, 9.17) is 0 Å². The normalized spacial score (nSPS) is 10.6. The van der Waals surface area contributed by atoms with E-state index < -0.39 is 0 Å². The Morgan fingerprint density at radius 3 is 2.35 bits per heavy atom. The van der Waals surface area contributed by atoms with Crippen molar-refractivity contribution in [3.8, 4) is 21.7 Å². The summed E-state index contributed by atoms with van der Waals surface area (Å²) in [6.07, 6.45) is 0. The largest absolute Gasteiger partial charge is 0.196 e. The summed E-state index contributed by atoms with van der Waals surface area (Å²) in [4.78, 5) is 1.28. The van der Waals surface area contributed by atoms with Gasteiger partial charge in [0.15, 0.2) is 3.70 Å². The molecular formula is C12H8IN3S. The molecule has 0 unspecified atom stereocenters. The van der Waals surface area contributed by atoms with Gasteiger partial charge in [-0.3, -0.25) is 0 Å². The summed E-state index contributed by atoms with van der Waals surface area (Å²) in [6, 6.07) is 12.6.